The van der Waals surface area contributed by atoms with Crippen molar-refractivity contribution in [1.29, 1.82) is 0 Å². The largest absolute Gasteiger partial charge is 0.493 e. The second kappa shape index (κ2) is 7.68. The molecule has 1 aromatic rings. The van der Waals surface area contributed by atoms with Crippen LogP contribution in [-0.2, 0) is 10.2 Å². The average molecular weight is 320 g/mol. The van der Waals surface area contributed by atoms with E-state index in [2.05, 4.69) is 24.1 Å². The fourth-order valence-corrected chi connectivity index (χ4v) is 2.94. The lowest BCUT2D eigenvalue weighted by Gasteiger charge is -2.21. The van der Waals surface area contributed by atoms with E-state index in [1.165, 1.54) is 0 Å². The van der Waals surface area contributed by atoms with Gasteiger partial charge in [-0.25, -0.2) is 0 Å². The highest BCUT2D eigenvalue weighted by Crippen LogP contribution is 2.50. The lowest BCUT2D eigenvalue weighted by Crippen LogP contribution is -2.39. The molecule has 1 fully saturated rings. The molecule has 0 saturated heterocycles. The zero-order chi connectivity index (χ0) is 16.9. The van der Waals surface area contributed by atoms with Gasteiger partial charge in [0.05, 0.1) is 19.6 Å². The third kappa shape index (κ3) is 3.78. The first-order valence-electron chi connectivity index (χ1n) is 8.34. The van der Waals surface area contributed by atoms with E-state index in [4.69, 9.17) is 9.47 Å². The van der Waals surface area contributed by atoms with Crippen LogP contribution in [0, 0.1) is 0 Å². The van der Waals surface area contributed by atoms with Gasteiger partial charge in [-0.2, -0.15) is 0 Å². The van der Waals surface area contributed by atoms with E-state index in [9.17, 15) is 4.79 Å². The van der Waals surface area contributed by atoms with Crippen molar-refractivity contribution in [3.63, 3.8) is 0 Å². The fourth-order valence-electron chi connectivity index (χ4n) is 2.94. The molecule has 5 heteroatoms. The summed E-state index contributed by atoms with van der Waals surface area (Å²) in [5.74, 6) is 1.48. The SMILES string of the molecule is CCN(CC)CCNC(=O)C1(c2ccc(OC)c(OC)c2)CC1. The predicted octanol–water partition coefficient (Wildman–Crippen LogP) is 2.19. The van der Waals surface area contributed by atoms with Crippen LogP contribution in [-0.4, -0.2) is 51.2 Å². The lowest BCUT2D eigenvalue weighted by molar-refractivity contribution is -0.123. The van der Waals surface area contributed by atoms with Gasteiger partial charge >= 0.3 is 0 Å². The maximum Gasteiger partial charge on any atom is 0.230 e. The van der Waals surface area contributed by atoms with Crippen LogP contribution < -0.4 is 14.8 Å². The van der Waals surface area contributed by atoms with Gasteiger partial charge in [0.25, 0.3) is 0 Å². The van der Waals surface area contributed by atoms with Gasteiger partial charge in [-0.05, 0) is 43.6 Å². The monoisotopic (exact) mass is 320 g/mol. The van der Waals surface area contributed by atoms with Crippen molar-refractivity contribution >= 4 is 5.91 Å². The topological polar surface area (TPSA) is 50.8 Å². The normalized spacial score (nSPS) is 15.3. The average Bonchev–Trinajstić information content (AvgIpc) is 3.39. The first-order valence-corrected chi connectivity index (χ1v) is 8.34. The van der Waals surface area contributed by atoms with Crippen LogP contribution in [0.2, 0.25) is 0 Å². The Labute approximate surface area is 139 Å². The Balaban J connectivity index is 2.02. The summed E-state index contributed by atoms with van der Waals surface area (Å²) in [5, 5.41) is 3.10. The molecule has 0 radical (unpaired) electrons. The molecule has 1 aliphatic carbocycles. The van der Waals surface area contributed by atoms with Gasteiger partial charge < -0.3 is 19.7 Å². The summed E-state index contributed by atoms with van der Waals surface area (Å²) in [4.78, 5) is 14.9. The Hall–Kier alpha value is -1.75. The number of nitrogens with one attached hydrogen (secondary N) is 1. The standard InChI is InChI=1S/C18H28N2O3/c1-5-20(6-2)12-11-19-17(21)18(9-10-18)14-7-8-15(22-3)16(13-14)23-4/h7-8,13H,5-6,9-12H2,1-4H3,(H,19,21). The third-order valence-electron chi connectivity index (χ3n) is 4.73. The van der Waals surface area contributed by atoms with E-state index in [0.717, 1.165) is 38.0 Å². The molecule has 1 saturated carbocycles. The first kappa shape index (κ1) is 17.6. The number of benzene rings is 1. The van der Waals surface area contributed by atoms with E-state index in [1.807, 2.05) is 18.2 Å². The molecule has 23 heavy (non-hydrogen) atoms. The molecular formula is C18H28N2O3. The van der Waals surface area contributed by atoms with E-state index < -0.39 is 0 Å². The van der Waals surface area contributed by atoms with Crippen molar-refractivity contribution in [3.8, 4) is 11.5 Å². The number of hydrogen-bond acceptors (Lipinski definition) is 4. The van der Waals surface area contributed by atoms with E-state index in [-0.39, 0.29) is 11.3 Å². The summed E-state index contributed by atoms with van der Waals surface area (Å²) in [6.45, 7) is 7.87. The molecule has 0 spiro atoms. The number of nitrogens with zero attached hydrogens (tertiary/aromatic N) is 1. The summed E-state index contributed by atoms with van der Waals surface area (Å²) in [6, 6.07) is 5.77. The molecule has 0 heterocycles. The van der Waals surface area contributed by atoms with Crippen molar-refractivity contribution < 1.29 is 14.3 Å². The van der Waals surface area contributed by atoms with Gasteiger partial charge in [0.2, 0.25) is 5.91 Å². The molecule has 1 aliphatic rings. The van der Waals surface area contributed by atoms with Crippen molar-refractivity contribution in [1.82, 2.24) is 10.2 Å². The van der Waals surface area contributed by atoms with Gasteiger partial charge in [-0.3, -0.25) is 4.79 Å². The molecule has 0 atom stereocenters. The molecule has 1 N–H and O–H groups in total. The molecule has 0 aliphatic heterocycles. The smallest absolute Gasteiger partial charge is 0.230 e. The second-order valence-electron chi connectivity index (χ2n) is 5.93. The molecular weight excluding hydrogens is 292 g/mol. The third-order valence-corrected chi connectivity index (χ3v) is 4.73. The van der Waals surface area contributed by atoms with Gasteiger partial charge in [0.15, 0.2) is 11.5 Å². The number of amides is 1. The van der Waals surface area contributed by atoms with Gasteiger partial charge in [-0.15, -0.1) is 0 Å². The Morgan fingerprint density at radius 2 is 1.83 bits per heavy atom. The minimum Gasteiger partial charge on any atom is -0.493 e. The highest BCUT2D eigenvalue weighted by molar-refractivity contribution is 5.91. The molecule has 1 amide bonds. The van der Waals surface area contributed by atoms with Gasteiger partial charge in [-0.1, -0.05) is 19.9 Å². The maximum atomic E-state index is 12.6. The molecule has 2 rings (SSSR count). The molecule has 128 valence electrons. The highest BCUT2D eigenvalue weighted by Gasteiger charge is 2.51. The second-order valence-corrected chi connectivity index (χ2v) is 5.93. The van der Waals surface area contributed by atoms with Crippen LogP contribution in [0.4, 0.5) is 0 Å². The van der Waals surface area contributed by atoms with E-state index in [0.29, 0.717) is 18.0 Å². The molecule has 5 nitrogen and oxygen atoms in total. The first-order chi connectivity index (χ1) is 11.1. The number of methoxy groups -OCH3 is 2. The number of hydrogen-bond donors (Lipinski definition) is 1. The number of likely N-dealkylation sites (N-methyl/N-ethyl adjacent to an activating group) is 1. The molecule has 0 aromatic heterocycles. The summed E-state index contributed by atoms with van der Waals surface area (Å²) in [6.07, 6.45) is 1.78. The quantitative estimate of drug-likeness (QED) is 0.758. The van der Waals surface area contributed by atoms with Crippen LogP contribution >= 0.6 is 0 Å². The Morgan fingerprint density at radius 1 is 1.17 bits per heavy atom. The summed E-state index contributed by atoms with van der Waals surface area (Å²) < 4.78 is 10.6. The number of carbonyl (C=O) groups excluding carboxylic acids is 1. The lowest BCUT2D eigenvalue weighted by atomic mass is 9.94. The summed E-state index contributed by atoms with van der Waals surface area (Å²) >= 11 is 0. The van der Waals surface area contributed by atoms with Crippen LogP contribution in [0.5, 0.6) is 11.5 Å². The minimum atomic E-state index is -0.386. The van der Waals surface area contributed by atoms with Crippen molar-refractivity contribution in [2.24, 2.45) is 0 Å². The van der Waals surface area contributed by atoms with Crippen molar-refractivity contribution in [3.05, 3.63) is 23.8 Å². The van der Waals surface area contributed by atoms with Crippen molar-refractivity contribution in [2.45, 2.75) is 32.1 Å². The molecule has 0 bridgehead atoms. The fraction of sp³-hybridized carbons (Fsp3) is 0.611. The van der Waals surface area contributed by atoms with Crippen LogP contribution in [0.3, 0.4) is 0 Å². The van der Waals surface area contributed by atoms with Crippen LogP contribution in [0.1, 0.15) is 32.3 Å². The Morgan fingerprint density at radius 3 is 2.35 bits per heavy atom. The van der Waals surface area contributed by atoms with E-state index >= 15 is 0 Å². The number of ether oxygens (including phenoxy) is 2. The summed E-state index contributed by atoms with van der Waals surface area (Å²) in [7, 11) is 3.23. The zero-order valence-corrected chi connectivity index (χ0v) is 14.6. The highest BCUT2D eigenvalue weighted by atomic mass is 16.5. The maximum absolute atomic E-state index is 12.6. The molecule has 1 aromatic carbocycles. The minimum absolute atomic E-state index is 0.122. The summed E-state index contributed by atoms with van der Waals surface area (Å²) in [5.41, 5.74) is 0.624. The van der Waals surface area contributed by atoms with Gasteiger partial charge in [0.1, 0.15) is 0 Å². The Kier molecular flexibility index (Phi) is 5.88. The van der Waals surface area contributed by atoms with Gasteiger partial charge in [0, 0.05) is 13.1 Å². The number of carbonyl (C=O) groups is 1. The number of rotatable bonds is 9. The van der Waals surface area contributed by atoms with Crippen LogP contribution in [0.25, 0.3) is 0 Å². The van der Waals surface area contributed by atoms with Crippen LogP contribution in [0.15, 0.2) is 18.2 Å². The zero-order valence-electron chi connectivity index (χ0n) is 14.6. The molecule has 0 unspecified atom stereocenters. The Bertz CT molecular complexity index is 537. The van der Waals surface area contributed by atoms with Crippen molar-refractivity contribution in [2.75, 3.05) is 40.4 Å². The predicted molar refractivity (Wildman–Crippen MR) is 91.3 cm³/mol. The van der Waals surface area contributed by atoms with E-state index in [1.54, 1.807) is 14.2 Å².